The smallest absolute Gasteiger partial charge is 0.236 e. The highest BCUT2D eigenvalue weighted by Crippen LogP contribution is 2.10. The molecule has 20 heavy (non-hydrogen) atoms. The van der Waals surface area contributed by atoms with Crippen LogP contribution in [0.5, 0.6) is 0 Å². The van der Waals surface area contributed by atoms with E-state index < -0.39 is 9.84 Å². The summed E-state index contributed by atoms with van der Waals surface area (Å²) in [6, 6.07) is 6.37. The van der Waals surface area contributed by atoms with Gasteiger partial charge in [-0.2, -0.15) is 0 Å². The van der Waals surface area contributed by atoms with Crippen molar-refractivity contribution < 1.29 is 13.2 Å². The van der Waals surface area contributed by atoms with Crippen molar-refractivity contribution in [3.63, 3.8) is 0 Å². The van der Waals surface area contributed by atoms with Crippen LogP contribution in [-0.4, -0.2) is 33.2 Å². The highest BCUT2D eigenvalue weighted by molar-refractivity contribution is 7.90. The molecule has 1 unspecified atom stereocenters. The predicted octanol–water partition coefficient (Wildman–Crippen LogP) is 1.09. The van der Waals surface area contributed by atoms with E-state index >= 15 is 0 Å². The first-order valence-corrected chi connectivity index (χ1v) is 8.54. The molecular formula is C14H22N2O3S. The summed E-state index contributed by atoms with van der Waals surface area (Å²) in [4.78, 5) is 12.0. The Balaban J connectivity index is 2.52. The van der Waals surface area contributed by atoms with Crippen molar-refractivity contribution in [2.75, 3.05) is 12.8 Å². The summed E-state index contributed by atoms with van der Waals surface area (Å²) in [7, 11) is -3.16. The lowest BCUT2D eigenvalue weighted by Crippen LogP contribution is -2.42. The largest absolute Gasteiger partial charge is 0.355 e. The molecule has 0 saturated heterocycles. The minimum absolute atomic E-state index is 0.0281. The summed E-state index contributed by atoms with van der Waals surface area (Å²) in [6.07, 6.45) is 2.09. The predicted molar refractivity (Wildman–Crippen MR) is 79.2 cm³/mol. The van der Waals surface area contributed by atoms with E-state index in [2.05, 4.69) is 10.6 Å². The van der Waals surface area contributed by atoms with Crippen LogP contribution in [-0.2, 0) is 21.2 Å². The molecule has 2 N–H and O–H groups in total. The number of rotatable bonds is 7. The van der Waals surface area contributed by atoms with Gasteiger partial charge in [-0.15, -0.1) is 0 Å². The molecule has 0 aliphatic carbocycles. The van der Waals surface area contributed by atoms with E-state index in [-0.39, 0.29) is 11.9 Å². The van der Waals surface area contributed by atoms with Crippen LogP contribution in [0.4, 0.5) is 0 Å². The zero-order chi connectivity index (χ0) is 15.2. The number of carbonyl (C=O) groups excluding carboxylic acids is 1. The zero-order valence-electron chi connectivity index (χ0n) is 12.1. The fraction of sp³-hybridized carbons (Fsp3) is 0.500. The maximum absolute atomic E-state index is 11.7. The lowest BCUT2D eigenvalue weighted by Gasteiger charge is -2.13. The molecule has 1 aromatic carbocycles. The second-order valence-corrected chi connectivity index (χ2v) is 6.83. The van der Waals surface area contributed by atoms with Crippen LogP contribution in [0.15, 0.2) is 29.2 Å². The topological polar surface area (TPSA) is 75.3 Å². The molecule has 1 atom stereocenters. The molecular weight excluding hydrogens is 276 g/mol. The zero-order valence-corrected chi connectivity index (χ0v) is 13.0. The molecule has 0 fully saturated rings. The Labute approximate surface area is 120 Å². The summed E-state index contributed by atoms with van der Waals surface area (Å²) in [5.74, 6) is -0.0281. The van der Waals surface area contributed by atoms with Crippen LogP contribution >= 0.6 is 0 Å². The maximum atomic E-state index is 11.7. The van der Waals surface area contributed by atoms with Gasteiger partial charge in [0.15, 0.2) is 9.84 Å². The average Bonchev–Trinajstić information content (AvgIpc) is 2.41. The van der Waals surface area contributed by atoms with Crippen molar-refractivity contribution in [3.05, 3.63) is 29.8 Å². The Hall–Kier alpha value is -1.40. The van der Waals surface area contributed by atoms with E-state index in [0.29, 0.717) is 18.0 Å². The summed E-state index contributed by atoms with van der Waals surface area (Å²) >= 11 is 0. The van der Waals surface area contributed by atoms with Crippen LogP contribution in [0.2, 0.25) is 0 Å². The third-order valence-corrected chi connectivity index (χ3v) is 4.03. The SMILES string of the molecule is CCCNC(=O)C(C)NCc1ccc(S(C)(=O)=O)cc1. The highest BCUT2D eigenvalue weighted by atomic mass is 32.2. The third-order valence-electron chi connectivity index (χ3n) is 2.91. The third kappa shape index (κ3) is 5.30. The minimum Gasteiger partial charge on any atom is -0.355 e. The monoisotopic (exact) mass is 298 g/mol. The summed E-state index contributed by atoms with van der Waals surface area (Å²) in [5.41, 5.74) is 0.938. The number of sulfone groups is 1. The molecule has 5 nitrogen and oxygen atoms in total. The van der Waals surface area contributed by atoms with Gasteiger partial charge in [0.25, 0.3) is 0 Å². The molecule has 0 heterocycles. The van der Waals surface area contributed by atoms with E-state index in [4.69, 9.17) is 0 Å². The number of benzene rings is 1. The molecule has 0 aromatic heterocycles. The van der Waals surface area contributed by atoms with Gasteiger partial charge in [-0.1, -0.05) is 19.1 Å². The van der Waals surface area contributed by atoms with Crippen molar-refractivity contribution in [2.45, 2.75) is 37.8 Å². The second-order valence-electron chi connectivity index (χ2n) is 4.81. The average molecular weight is 298 g/mol. The van der Waals surface area contributed by atoms with Gasteiger partial charge in [0.2, 0.25) is 5.91 Å². The fourth-order valence-corrected chi connectivity index (χ4v) is 2.25. The van der Waals surface area contributed by atoms with Gasteiger partial charge < -0.3 is 10.6 Å². The Bertz CT molecular complexity index is 538. The van der Waals surface area contributed by atoms with E-state index in [9.17, 15) is 13.2 Å². The number of amides is 1. The first-order valence-electron chi connectivity index (χ1n) is 6.64. The first kappa shape index (κ1) is 16.7. The standard InChI is InChI=1S/C14H22N2O3S/c1-4-9-15-14(17)11(2)16-10-12-5-7-13(8-6-12)20(3,18)19/h5-8,11,16H,4,9-10H2,1-3H3,(H,15,17). The van der Waals surface area contributed by atoms with Gasteiger partial charge in [-0.05, 0) is 31.0 Å². The Kier molecular flexibility index (Phi) is 6.16. The van der Waals surface area contributed by atoms with Crippen LogP contribution in [0.3, 0.4) is 0 Å². The van der Waals surface area contributed by atoms with Crippen molar-refractivity contribution in [1.82, 2.24) is 10.6 Å². The molecule has 0 radical (unpaired) electrons. The number of nitrogens with one attached hydrogen (secondary N) is 2. The molecule has 0 saturated carbocycles. The van der Waals surface area contributed by atoms with Crippen molar-refractivity contribution in [3.8, 4) is 0 Å². The summed E-state index contributed by atoms with van der Waals surface area (Å²) < 4.78 is 22.7. The number of carbonyl (C=O) groups is 1. The molecule has 1 amide bonds. The molecule has 6 heteroatoms. The summed E-state index contributed by atoms with van der Waals surface area (Å²) in [6.45, 7) is 5.00. The van der Waals surface area contributed by atoms with Crippen LogP contribution in [0.25, 0.3) is 0 Å². The van der Waals surface area contributed by atoms with Crippen LogP contribution in [0.1, 0.15) is 25.8 Å². The maximum Gasteiger partial charge on any atom is 0.236 e. The van der Waals surface area contributed by atoms with Gasteiger partial charge in [-0.25, -0.2) is 8.42 Å². The van der Waals surface area contributed by atoms with Gasteiger partial charge in [0.1, 0.15) is 0 Å². The van der Waals surface area contributed by atoms with E-state index in [1.807, 2.05) is 6.92 Å². The van der Waals surface area contributed by atoms with Crippen LogP contribution in [0, 0.1) is 0 Å². The van der Waals surface area contributed by atoms with E-state index in [1.54, 1.807) is 31.2 Å². The molecule has 1 aromatic rings. The molecule has 0 bridgehead atoms. The van der Waals surface area contributed by atoms with Crippen molar-refractivity contribution in [1.29, 1.82) is 0 Å². The molecule has 1 rings (SSSR count). The first-order chi connectivity index (χ1) is 9.34. The molecule has 112 valence electrons. The number of hydrogen-bond donors (Lipinski definition) is 2. The van der Waals surface area contributed by atoms with Gasteiger partial charge in [0, 0.05) is 19.3 Å². The Morgan fingerprint density at radius 3 is 2.35 bits per heavy atom. The molecule has 0 aliphatic heterocycles. The highest BCUT2D eigenvalue weighted by Gasteiger charge is 2.11. The van der Waals surface area contributed by atoms with E-state index in [1.165, 1.54) is 6.26 Å². The van der Waals surface area contributed by atoms with Gasteiger partial charge in [-0.3, -0.25) is 4.79 Å². The van der Waals surface area contributed by atoms with Crippen molar-refractivity contribution >= 4 is 15.7 Å². The van der Waals surface area contributed by atoms with Gasteiger partial charge in [0.05, 0.1) is 10.9 Å². The van der Waals surface area contributed by atoms with Gasteiger partial charge >= 0.3 is 0 Å². The lowest BCUT2D eigenvalue weighted by molar-refractivity contribution is -0.122. The fourth-order valence-electron chi connectivity index (χ4n) is 1.62. The normalized spacial score (nSPS) is 12.9. The second kappa shape index (κ2) is 7.40. The van der Waals surface area contributed by atoms with Crippen LogP contribution < -0.4 is 10.6 Å². The number of hydrogen-bond acceptors (Lipinski definition) is 4. The molecule has 0 aliphatic rings. The summed E-state index contributed by atoms with van der Waals surface area (Å²) in [5, 5.41) is 5.92. The lowest BCUT2D eigenvalue weighted by atomic mass is 10.2. The molecule has 0 spiro atoms. The van der Waals surface area contributed by atoms with E-state index in [0.717, 1.165) is 12.0 Å². The van der Waals surface area contributed by atoms with Crippen molar-refractivity contribution in [2.24, 2.45) is 0 Å². The quantitative estimate of drug-likeness (QED) is 0.790. The Morgan fingerprint density at radius 2 is 1.85 bits per heavy atom. The minimum atomic E-state index is -3.16. The Morgan fingerprint density at radius 1 is 1.25 bits per heavy atom.